The molecule has 119 valence electrons. The Labute approximate surface area is 126 Å². The zero-order chi connectivity index (χ0) is 14.6. The Bertz CT molecular complexity index is 208. The van der Waals surface area contributed by atoms with Crippen LogP contribution in [0.5, 0.6) is 0 Å². The third kappa shape index (κ3) is 17.4. The zero-order valence-electron chi connectivity index (χ0n) is 12.1. The quantitative estimate of drug-likeness (QED) is 0.643. The zero-order valence-corrected chi connectivity index (χ0v) is 13.1. The minimum atomic E-state index is -0.751. The predicted octanol–water partition coefficient (Wildman–Crippen LogP) is 0.823. The number of aliphatic carboxylic acids is 2. The van der Waals surface area contributed by atoms with Gasteiger partial charge < -0.3 is 10.2 Å². The molecule has 0 aliphatic heterocycles. The number of carboxylic acid groups (broad SMARTS) is 2. The molecule has 0 aromatic carbocycles. The first-order chi connectivity index (χ1) is 8.40. The van der Waals surface area contributed by atoms with Gasteiger partial charge in [-0.2, -0.15) is 0 Å². The molecule has 0 aromatic heterocycles. The van der Waals surface area contributed by atoms with E-state index in [1.54, 1.807) is 0 Å². The molecule has 0 bridgehead atoms. The first kappa shape index (κ1) is 23.5. The number of hydrogen-bond acceptors (Lipinski definition) is 4. The van der Waals surface area contributed by atoms with Crippen molar-refractivity contribution in [2.45, 2.75) is 27.7 Å². The minimum absolute atomic E-state index is 0. The van der Waals surface area contributed by atoms with Crippen molar-refractivity contribution < 1.29 is 36.9 Å². The molecule has 0 saturated heterocycles. The molecule has 0 atom stereocenters. The summed E-state index contributed by atoms with van der Waals surface area (Å²) in [7, 11) is 0. The van der Waals surface area contributed by atoms with Crippen LogP contribution in [-0.2, 0) is 26.7 Å². The van der Waals surface area contributed by atoms with E-state index >= 15 is 0 Å². The van der Waals surface area contributed by atoms with Crippen LogP contribution in [0.2, 0.25) is 0 Å². The van der Waals surface area contributed by atoms with Gasteiger partial charge in [0.05, 0.1) is 13.1 Å². The van der Waals surface area contributed by atoms with Crippen LogP contribution in [-0.4, -0.2) is 71.2 Å². The molecular formula is C12H26CuN2O4. The third-order valence-corrected chi connectivity index (χ3v) is 2.51. The molecule has 7 heteroatoms. The summed E-state index contributed by atoms with van der Waals surface area (Å²) in [6.07, 6.45) is 0. The van der Waals surface area contributed by atoms with Crippen LogP contribution < -0.4 is 0 Å². The van der Waals surface area contributed by atoms with Gasteiger partial charge in [-0.05, 0) is 26.2 Å². The Morgan fingerprint density at radius 1 is 0.737 bits per heavy atom. The van der Waals surface area contributed by atoms with Gasteiger partial charge in [0.1, 0.15) is 0 Å². The second-order valence-electron chi connectivity index (χ2n) is 3.71. The van der Waals surface area contributed by atoms with Crippen molar-refractivity contribution in [2.75, 3.05) is 39.3 Å². The van der Waals surface area contributed by atoms with Gasteiger partial charge in [-0.1, -0.05) is 27.7 Å². The van der Waals surface area contributed by atoms with E-state index in [4.69, 9.17) is 10.2 Å². The second kappa shape index (κ2) is 15.4. The monoisotopic (exact) mass is 325 g/mol. The molecule has 0 spiro atoms. The molecular weight excluding hydrogens is 300 g/mol. The van der Waals surface area contributed by atoms with Crippen LogP contribution in [0, 0.1) is 0 Å². The fourth-order valence-corrected chi connectivity index (χ4v) is 1.28. The Morgan fingerprint density at radius 2 is 0.947 bits per heavy atom. The average Bonchev–Trinajstić information content (AvgIpc) is 2.33. The first-order valence-corrected chi connectivity index (χ1v) is 6.29. The summed E-state index contributed by atoms with van der Waals surface area (Å²) in [6, 6.07) is 0. The second-order valence-corrected chi connectivity index (χ2v) is 3.71. The Hall–Kier alpha value is -0.621. The maximum absolute atomic E-state index is 10.1. The number of carbonyl (C=O) groups is 2. The van der Waals surface area contributed by atoms with E-state index in [0.717, 1.165) is 26.2 Å². The molecule has 0 rings (SSSR count). The molecule has 0 aliphatic carbocycles. The largest absolute Gasteiger partial charge is 0.480 e. The van der Waals surface area contributed by atoms with E-state index in [9.17, 15) is 9.59 Å². The van der Waals surface area contributed by atoms with Crippen LogP contribution in [0.25, 0.3) is 0 Å². The van der Waals surface area contributed by atoms with Crippen molar-refractivity contribution in [3.8, 4) is 0 Å². The minimum Gasteiger partial charge on any atom is -0.480 e. The van der Waals surface area contributed by atoms with Crippen molar-refractivity contribution in [3.63, 3.8) is 0 Å². The predicted molar refractivity (Wildman–Crippen MR) is 70.8 cm³/mol. The van der Waals surface area contributed by atoms with Gasteiger partial charge in [0, 0.05) is 17.1 Å². The Kier molecular flexibility index (Phi) is 19.1. The molecule has 0 unspecified atom stereocenters. The maximum atomic E-state index is 10.1. The van der Waals surface area contributed by atoms with Gasteiger partial charge in [0.25, 0.3) is 0 Å². The summed E-state index contributed by atoms with van der Waals surface area (Å²) < 4.78 is 0. The van der Waals surface area contributed by atoms with Gasteiger partial charge >= 0.3 is 11.9 Å². The number of nitrogens with zero attached hydrogens (tertiary/aromatic N) is 2. The molecule has 19 heavy (non-hydrogen) atoms. The molecule has 2 N–H and O–H groups in total. The van der Waals surface area contributed by atoms with Gasteiger partial charge in [-0.25, -0.2) is 0 Å². The van der Waals surface area contributed by atoms with Crippen molar-refractivity contribution in [1.29, 1.82) is 0 Å². The normalized spacial score (nSPS) is 9.58. The van der Waals surface area contributed by atoms with Crippen LogP contribution in [0.4, 0.5) is 0 Å². The maximum Gasteiger partial charge on any atom is 0.317 e. The molecule has 0 fully saturated rings. The summed E-state index contributed by atoms with van der Waals surface area (Å²) >= 11 is 0. The van der Waals surface area contributed by atoms with Gasteiger partial charge in [0.15, 0.2) is 0 Å². The Morgan fingerprint density at radius 3 is 1.00 bits per heavy atom. The summed E-state index contributed by atoms with van der Waals surface area (Å²) in [6.45, 7) is 11.4. The van der Waals surface area contributed by atoms with Gasteiger partial charge in [-0.15, -0.1) is 0 Å². The fourth-order valence-electron chi connectivity index (χ4n) is 1.28. The molecule has 0 saturated carbocycles. The van der Waals surface area contributed by atoms with Crippen LogP contribution in [0.15, 0.2) is 0 Å². The number of hydrogen-bond donors (Lipinski definition) is 2. The van der Waals surface area contributed by atoms with E-state index in [1.165, 1.54) is 0 Å². The smallest absolute Gasteiger partial charge is 0.317 e. The van der Waals surface area contributed by atoms with E-state index in [1.807, 2.05) is 37.5 Å². The van der Waals surface area contributed by atoms with E-state index < -0.39 is 11.9 Å². The number of carboxylic acids is 2. The van der Waals surface area contributed by atoms with Crippen LogP contribution in [0.1, 0.15) is 27.7 Å². The van der Waals surface area contributed by atoms with Gasteiger partial charge in [0.2, 0.25) is 0 Å². The summed E-state index contributed by atoms with van der Waals surface area (Å²) in [5, 5.41) is 16.6. The summed E-state index contributed by atoms with van der Waals surface area (Å²) in [5.41, 5.74) is 0. The number of rotatable bonds is 8. The molecule has 0 heterocycles. The Balaban J connectivity index is -0.000000256. The summed E-state index contributed by atoms with van der Waals surface area (Å²) in [5.74, 6) is -1.50. The SMILES string of the molecule is CCN(CC)CC(=O)O.CCN(CC)CC(=O)O.[Cu]. The fraction of sp³-hybridized carbons (Fsp3) is 0.833. The standard InChI is InChI=1S/2C6H13NO2.Cu/c2*1-3-7(4-2)5-6(8)9;/h2*3-5H2,1-2H3,(H,8,9);. The van der Waals surface area contributed by atoms with Crippen LogP contribution >= 0.6 is 0 Å². The molecule has 6 nitrogen and oxygen atoms in total. The topological polar surface area (TPSA) is 81.1 Å². The van der Waals surface area contributed by atoms with Gasteiger partial charge in [-0.3, -0.25) is 19.4 Å². The van der Waals surface area contributed by atoms with Crippen LogP contribution in [0.3, 0.4) is 0 Å². The third-order valence-electron chi connectivity index (χ3n) is 2.51. The van der Waals surface area contributed by atoms with Crippen molar-refractivity contribution in [3.05, 3.63) is 0 Å². The molecule has 0 aromatic rings. The van der Waals surface area contributed by atoms with E-state index in [2.05, 4.69) is 0 Å². The first-order valence-electron chi connectivity index (χ1n) is 6.29. The van der Waals surface area contributed by atoms with E-state index in [-0.39, 0.29) is 30.2 Å². The summed E-state index contributed by atoms with van der Waals surface area (Å²) in [4.78, 5) is 23.9. The van der Waals surface area contributed by atoms with Crippen molar-refractivity contribution >= 4 is 11.9 Å². The molecule has 0 amide bonds. The molecule has 1 radical (unpaired) electrons. The number of likely N-dealkylation sites (N-methyl/N-ethyl adjacent to an activating group) is 2. The van der Waals surface area contributed by atoms with Crippen molar-refractivity contribution in [1.82, 2.24) is 9.80 Å². The van der Waals surface area contributed by atoms with E-state index in [0.29, 0.717) is 0 Å². The molecule has 0 aliphatic rings. The van der Waals surface area contributed by atoms with Crippen molar-refractivity contribution in [2.24, 2.45) is 0 Å². The average molecular weight is 326 g/mol.